The van der Waals surface area contributed by atoms with Crippen LogP contribution in [0, 0.1) is 13.8 Å². The molecule has 29 heavy (non-hydrogen) atoms. The standard InChI is InChI=1S/C21H18Cl2N2O3S/c1-13-4-8-17(12-19(13)23)24-21(26)15-5-3-14(2)20(11-15)25-29(27,28)18-9-6-16(22)7-10-18/h3-12,25H,1-2H3,(H,24,26). The van der Waals surface area contributed by atoms with E-state index >= 15 is 0 Å². The molecular formula is C21H18Cl2N2O3S. The third-order valence-corrected chi connectivity index (χ3v) is 6.34. The largest absolute Gasteiger partial charge is 0.322 e. The zero-order chi connectivity index (χ0) is 21.2. The van der Waals surface area contributed by atoms with Gasteiger partial charge in [-0.3, -0.25) is 9.52 Å². The van der Waals surface area contributed by atoms with Gasteiger partial charge in [0.25, 0.3) is 15.9 Å². The summed E-state index contributed by atoms with van der Waals surface area (Å²) in [6, 6.07) is 15.8. The molecule has 0 bridgehead atoms. The Morgan fingerprint density at radius 2 is 1.52 bits per heavy atom. The first-order valence-electron chi connectivity index (χ1n) is 8.62. The first kappa shape index (κ1) is 21.2. The minimum absolute atomic E-state index is 0.0745. The van der Waals surface area contributed by atoms with Gasteiger partial charge in [-0.15, -0.1) is 0 Å². The summed E-state index contributed by atoms with van der Waals surface area (Å²) in [5.74, 6) is -0.378. The zero-order valence-electron chi connectivity index (χ0n) is 15.7. The van der Waals surface area contributed by atoms with Gasteiger partial charge in [-0.1, -0.05) is 35.3 Å². The van der Waals surface area contributed by atoms with Crippen LogP contribution in [0.4, 0.5) is 11.4 Å². The van der Waals surface area contributed by atoms with Crippen molar-refractivity contribution in [3.63, 3.8) is 0 Å². The Balaban J connectivity index is 1.84. The minimum atomic E-state index is -3.82. The van der Waals surface area contributed by atoms with Gasteiger partial charge in [0.1, 0.15) is 0 Å². The molecule has 0 spiro atoms. The summed E-state index contributed by atoms with van der Waals surface area (Å²) in [6.45, 7) is 3.62. The van der Waals surface area contributed by atoms with E-state index in [1.165, 1.54) is 30.3 Å². The fraction of sp³-hybridized carbons (Fsp3) is 0.0952. The topological polar surface area (TPSA) is 75.3 Å². The predicted octanol–water partition coefficient (Wildman–Crippen LogP) is 5.66. The van der Waals surface area contributed by atoms with Crippen molar-refractivity contribution < 1.29 is 13.2 Å². The SMILES string of the molecule is Cc1ccc(NC(=O)c2ccc(C)c(NS(=O)(=O)c3ccc(Cl)cc3)c2)cc1Cl. The van der Waals surface area contributed by atoms with Crippen molar-refractivity contribution in [3.8, 4) is 0 Å². The second kappa shape index (κ2) is 8.45. The highest BCUT2D eigenvalue weighted by molar-refractivity contribution is 7.92. The maximum atomic E-state index is 12.6. The molecule has 0 heterocycles. The summed E-state index contributed by atoms with van der Waals surface area (Å²) in [7, 11) is -3.82. The lowest BCUT2D eigenvalue weighted by Gasteiger charge is -2.13. The Labute approximate surface area is 179 Å². The van der Waals surface area contributed by atoms with Crippen LogP contribution >= 0.6 is 23.2 Å². The van der Waals surface area contributed by atoms with E-state index in [4.69, 9.17) is 23.2 Å². The minimum Gasteiger partial charge on any atom is -0.322 e. The highest BCUT2D eigenvalue weighted by Gasteiger charge is 2.17. The number of benzene rings is 3. The van der Waals surface area contributed by atoms with E-state index in [0.717, 1.165) is 5.56 Å². The van der Waals surface area contributed by atoms with Gasteiger partial charge in [0, 0.05) is 21.3 Å². The Morgan fingerprint density at radius 3 is 2.17 bits per heavy atom. The number of aryl methyl sites for hydroxylation is 2. The van der Waals surface area contributed by atoms with Gasteiger partial charge in [-0.05, 0) is 73.5 Å². The van der Waals surface area contributed by atoms with Crippen molar-refractivity contribution in [2.24, 2.45) is 0 Å². The van der Waals surface area contributed by atoms with E-state index < -0.39 is 10.0 Å². The summed E-state index contributed by atoms with van der Waals surface area (Å²) in [5, 5.41) is 3.74. The molecule has 0 unspecified atom stereocenters. The number of hydrogen-bond donors (Lipinski definition) is 2. The van der Waals surface area contributed by atoms with Gasteiger partial charge >= 0.3 is 0 Å². The number of hydrogen-bond acceptors (Lipinski definition) is 3. The molecule has 1 amide bonds. The molecule has 3 aromatic rings. The van der Waals surface area contributed by atoms with Crippen LogP contribution in [0.15, 0.2) is 65.6 Å². The number of halogens is 2. The van der Waals surface area contributed by atoms with Gasteiger partial charge in [-0.25, -0.2) is 8.42 Å². The molecule has 3 rings (SSSR count). The lowest BCUT2D eigenvalue weighted by Crippen LogP contribution is -2.16. The number of nitrogens with one attached hydrogen (secondary N) is 2. The molecule has 0 aliphatic rings. The Hall–Kier alpha value is -2.54. The van der Waals surface area contributed by atoms with E-state index in [1.807, 2.05) is 6.92 Å². The maximum Gasteiger partial charge on any atom is 0.261 e. The van der Waals surface area contributed by atoms with Crippen molar-refractivity contribution in [2.75, 3.05) is 10.0 Å². The molecule has 0 aliphatic carbocycles. The molecule has 0 fully saturated rings. The molecule has 0 aliphatic heterocycles. The number of rotatable bonds is 5. The van der Waals surface area contributed by atoms with E-state index in [9.17, 15) is 13.2 Å². The first-order valence-corrected chi connectivity index (χ1v) is 10.9. The molecule has 2 N–H and O–H groups in total. The molecule has 150 valence electrons. The van der Waals surface area contributed by atoms with Crippen LogP contribution in [-0.2, 0) is 10.0 Å². The molecule has 0 atom stereocenters. The van der Waals surface area contributed by atoms with Gasteiger partial charge in [0.05, 0.1) is 10.6 Å². The lowest BCUT2D eigenvalue weighted by molar-refractivity contribution is 0.102. The number of carbonyl (C=O) groups is 1. The third kappa shape index (κ3) is 5.09. The quantitative estimate of drug-likeness (QED) is 0.528. The molecule has 8 heteroatoms. The molecule has 0 saturated heterocycles. The van der Waals surface area contributed by atoms with Crippen molar-refractivity contribution in [3.05, 3.63) is 87.4 Å². The van der Waals surface area contributed by atoms with Crippen molar-refractivity contribution in [2.45, 2.75) is 18.7 Å². The van der Waals surface area contributed by atoms with Crippen LogP contribution in [0.1, 0.15) is 21.5 Å². The highest BCUT2D eigenvalue weighted by atomic mass is 35.5. The van der Waals surface area contributed by atoms with Crippen LogP contribution in [0.25, 0.3) is 0 Å². The molecule has 0 saturated carbocycles. The Morgan fingerprint density at radius 1 is 0.862 bits per heavy atom. The van der Waals surface area contributed by atoms with Crippen LogP contribution in [-0.4, -0.2) is 14.3 Å². The molecule has 0 radical (unpaired) electrons. The van der Waals surface area contributed by atoms with Gasteiger partial charge in [-0.2, -0.15) is 0 Å². The first-order chi connectivity index (χ1) is 13.7. The molecule has 3 aromatic carbocycles. The average Bonchev–Trinajstić information content (AvgIpc) is 2.66. The normalized spacial score (nSPS) is 11.2. The molecular weight excluding hydrogens is 431 g/mol. The van der Waals surface area contributed by atoms with E-state index in [2.05, 4.69) is 10.0 Å². The number of amides is 1. The average molecular weight is 449 g/mol. The summed E-state index contributed by atoms with van der Waals surface area (Å²) < 4.78 is 27.8. The second-order valence-electron chi connectivity index (χ2n) is 6.51. The fourth-order valence-electron chi connectivity index (χ4n) is 2.56. The Kier molecular flexibility index (Phi) is 6.17. The smallest absolute Gasteiger partial charge is 0.261 e. The highest BCUT2D eigenvalue weighted by Crippen LogP contribution is 2.24. The van der Waals surface area contributed by atoms with Crippen LogP contribution in [0.5, 0.6) is 0 Å². The summed E-state index contributed by atoms with van der Waals surface area (Å²) in [6.07, 6.45) is 0. The third-order valence-electron chi connectivity index (χ3n) is 4.30. The second-order valence-corrected chi connectivity index (χ2v) is 9.03. The van der Waals surface area contributed by atoms with E-state index in [0.29, 0.717) is 32.5 Å². The zero-order valence-corrected chi connectivity index (χ0v) is 18.0. The van der Waals surface area contributed by atoms with Crippen LogP contribution in [0.3, 0.4) is 0 Å². The van der Waals surface area contributed by atoms with Crippen molar-refractivity contribution in [1.29, 1.82) is 0 Å². The summed E-state index contributed by atoms with van der Waals surface area (Å²) in [5.41, 5.74) is 2.75. The lowest BCUT2D eigenvalue weighted by atomic mass is 10.1. The molecule has 0 aromatic heterocycles. The van der Waals surface area contributed by atoms with Gasteiger partial charge in [0.2, 0.25) is 0 Å². The monoisotopic (exact) mass is 448 g/mol. The van der Waals surface area contributed by atoms with Crippen LogP contribution in [0.2, 0.25) is 10.0 Å². The van der Waals surface area contributed by atoms with E-state index in [1.54, 1.807) is 37.3 Å². The fourth-order valence-corrected chi connectivity index (χ4v) is 3.99. The van der Waals surface area contributed by atoms with Crippen molar-refractivity contribution >= 4 is 50.5 Å². The predicted molar refractivity (Wildman–Crippen MR) is 118 cm³/mol. The summed E-state index contributed by atoms with van der Waals surface area (Å²) in [4.78, 5) is 12.7. The van der Waals surface area contributed by atoms with Crippen LogP contribution < -0.4 is 10.0 Å². The number of sulfonamides is 1. The van der Waals surface area contributed by atoms with E-state index in [-0.39, 0.29) is 10.8 Å². The number of anilines is 2. The Bertz CT molecular complexity index is 1180. The summed E-state index contributed by atoms with van der Waals surface area (Å²) >= 11 is 11.9. The number of carbonyl (C=O) groups excluding carboxylic acids is 1. The van der Waals surface area contributed by atoms with Crippen molar-refractivity contribution in [1.82, 2.24) is 0 Å². The van der Waals surface area contributed by atoms with Gasteiger partial charge < -0.3 is 5.32 Å². The molecule has 5 nitrogen and oxygen atoms in total. The van der Waals surface area contributed by atoms with Gasteiger partial charge in [0.15, 0.2) is 0 Å². The maximum absolute atomic E-state index is 12.6.